The summed E-state index contributed by atoms with van der Waals surface area (Å²) in [6.07, 6.45) is 3.80. The fourth-order valence-corrected chi connectivity index (χ4v) is 5.21. The molecule has 31 heavy (non-hydrogen) atoms. The number of hydrogen-bond acceptors (Lipinski definition) is 4. The molecule has 1 heterocycles. The van der Waals surface area contributed by atoms with Crippen LogP contribution in [0.25, 0.3) is 0 Å². The van der Waals surface area contributed by atoms with Crippen molar-refractivity contribution in [1.29, 1.82) is 0 Å². The van der Waals surface area contributed by atoms with Crippen LogP contribution in [0.5, 0.6) is 5.75 Å². The lowest BCUT2D eigenvalue weighted by molar-refractivity contribution is -0.122. The van der Waals surface area contributed by atoms with Crippen molar-refractivity contribution in [1.82, 2.24) is 4.31 Å². The molecule has 1 saturated heterocycles. The maximum atomic E-state index is 12.9. The standard InChI is InChI=1S/C24H32N2O4S/c1-4-22(30-23-11-9-10-18(2)19(23)3)24(27)25-20-12-14-21(15-13-20)31(28,29)26-16-7-5-6-8-17-26/h9-15,22H,4-8,16-17H2,1-3H3,(H,25,27). The van der Waals surface area contributed by atoms with Gasteiger partial charge in [-0.1, -0.05) is 31.9 Å². The smallest absolute Gasteiger partial charge is 0.265 e. The first-order valence-corrected chi connectivity index (χ1v) is 12.4. The first kappa shape index (κ1) is 23.3. The van der Waals surface area contributed by atoms with Gasteiger partial charge in [0, 0.05) is 18.8 Å². The Hall–Kier alpha value is -2.38. The summed E-state index contributed by atoms with van der Waals surface area (Å²) in [5.74, 6) is 0.437. The summed E-state index contributed by atoms with van der Waals surface area (Å²) in [5.41, 5.74) is 2.66. The van der Waals surface area contributed by atoms with Crippen molar-refractivity contribution < 1.29 is 17.9 Å². The molecule has 2 aromatic carbocycles. The summed E-state index contributed by atoms with van der Waals surface area (Å²) in [6.45, 7) is 7.00. The van der Waals surface area contributed by atoms with Crippen LogP contribution in [0.1, 0.15) is 50.2 Å². The summed E-state index contributed by atoms with van der Waals surface area (Å²) in [4.78, 5) is 13.0. The number of nitrogens with one attached hydrogen (secondary N) is 1. The normalized spacial score (nSPS) is 16.4. The zero-order chi connectivity index (χ0) is 22.4. The Morgan fingerprint density at radius 3 is 2.29 bits per heavy atom. The third kappa shape index (κ3) is 5.66. The average molecular weight is 445 g/mol. The molecule has 1 aliphatic heterocycles. The van der Waals surface area contributed by atoms with Crippen LogP contribution in [0.15, 0.2) is 47.4 Å². The van der Waals surface area contributed by atoms with Gasteiger partial charge in [-0.15, -0.1) is 0 Å². The van der Waals surface area contributed by atoms with Crippen LogP contribution in [-0.2, 0) is 14.8 Å². The Morgan fingerprint density at radius 1 is 1.03 bits per heavy atom. The van der Waals surface area contributed by atoms with Crippen molar-refractivity contribution in [2.24, 2.45) is 0 Å². The highest BCUT2D eigenvalue weighted by atomic mass is 32.2. The molecule has 1 aliphatic rings. The predicted molar refractivity (Wildman–Crippen MR) is 123 cm³/mol. The van der Waals surface area contributed by atoms with E-state index in [0.717, 1.165) is 36.8 Å². The van der Waals surface area contributed by atoms with Gasteiger partial charge in [-0.25, -0.2) is 8.42 Å². The number of sulfonamides is 1. The molecule has 1 fully saturated rings. The van der Waals surface area contributed by atoms with Crippen LogP contribution in [0.3, 0.4) is 0 Å². The van der Waals surface area contributed by atoms with E-state index in [4.69, 9.17) is 4.74 Å². The number of aryl methyl sites for hydroxylation is 1. The van der Waals surface area contributed by atoms with Gasteiger partial charge < -0.3 is 10.1 Å². The molecule has 3 rings (SSSR count). The highest BCUT2D eigenvalue weighted by molar-refractivity contribution is 7.89. The molecule has 1 N–H and O–H groups in total. The predicted octanol–water partition coefficient (Wildman–Crippen LogP) is 4.66. The molecule has 0 bridgehead atoms. The molecule has 0 spiro atoms. The number of hydrogen-bond donors (Lipinski definition) is 1. The van der Waals surface area contributed by atoms with Crippen molar-refractivity contribution in [2.45, 2.75) is 63.9 Å². The van der Waals surface area contributed by atoms with Crippen LogP contribution >= 0.6 is 0 Å². The van der Waals surface area contributed by atoms with E-state index < -0.39 is 16.1 Å². The van der Waals surface area contributed by atoms with Crippen molar-refractivity contribution in [3.63, 3.8) is 0 Å². The van der Waals surface area contributed by atoms with Gasteiger partial charge in [-0.05, 0) is 74.6 Å². The van der Waals surface area contributed by atoms with Crippen LogP contribution in [0.2, 0.25) is 0 Å². The molecule has 0 saturated carbocycles. The highest BCUT2D eigenvalue weighted by Crippen LogP contribution is 2.24. The minimum absolute atomic E-state index is 0.256. The van der Waals surface area contributed by atoms with Gasteiger partial charge in [0.1, 0.15) is 5.75 Å². The number of ether oxygens (including phenoxy) is 1. The molecular weight excluding hydrogens is 412 g/mol. The van der Waals surface area contributed by atoms with Gasteiger partial charge in [0.15, 0.2) is 6.10 Å². The zero-order valence-corrected chi connectivity index (χ0v) is 19.4. The van der Waals surface area contributed by atoms with Crippen LogP contribution in [0, 0.1) is 13.8 Å². The number of rotatable bonds is 7. The molecule has 0 radical (unpaired) electrons. The molecule has 1 unspecified atom stereocenters. The molecule has 6 nitrogen and oxygen atoms in total. The van der Waals surface area contributed by atoms with Gasteiger partial charge in [-0.2, -0.15) is 4.31 Å². The third-order valence-electron chi connectivity index (χ3n) is 5.81. The topological polar surface area (TPSA) is 75.7 Å². The summed E-state index contributed by atoms with van der Waals surface area (Å²) < 4.78 is 33.4. The van der Waals surface area contributed by atoms with E-state index in [9.17, 15) is 13.2 Å². The number of nitrogens with zero attached hydrogens (tertiary/aromatic N) is 1. The minimum atomic E-state index is -3.51. The lowest BCUT2D eigenvalue weighted by Gasteiger charge is -2.21. The molecule has 7 heteroatoms. The van der Waals surface area contributed by atoms with Crippen molar-refractivity contribution in [3.05, 3.63) is 53.6 Å². The van der Waals surface area contributed by atoms with E-state index in [1.54, 1.807) is 28.6 Å². The first-order chi connectivity index (χ1) is 14.8. The summed E-state index contributed by atoms with van der Waals surface area (Å²) in [6, 6.07) is 12.2. The fraction of sp³-hybridized carbons (Fsp3) is 0.458. The second-order valence-electron chi connectivity index (χ2n) is 8.04. The molecule has 1 atom stereocenters. The van der Waals surface area contributed by atoms with Gasteiger partial charge in [0.25, 0.3) is 5.91 Å². The summed E-state index contributed by atoms with van der Waals surface area (Å²) >= 11 is 0. The molecule has 168 valence electrons. The second-order valence-corrected chi connectivity index (χ2v) is 9.98. The van der Waals surface area contributed by atoms with Crippen LogP contribution in [0.4, 0.5) is 5.69 Å². The van der Waals surface area contributed by atoms with Gasteiger partial charge >= 0.3 is 0 Å². The number of benzene rings is 2. The van der Waals surface area contributed by atoms with Gasteiger partial charge in [-0.3, -0.25) is 4.79 Å². The SMILES string of the molecule is CCC(Oc1cccc(C)c1C)C(=O)Nc1ccc(S(=O)(=O)N2CCCCCC2)cc1. The Morgan fingerprint density at radius 2 is 1.68 bits per heavy atom. The van der Waals surface area contributed by atoms with E-state index in [2.05, 4.69) is 5.32 Å². The summed E-state index contributed by atoms with van der Waals surface area (Å²) in [7, 11) is -3.51. The largest absolute Gasteiger partial charge is 0.480 e. The lowest BCUT2D eigenvalue weighted by Crippen LogP contribution is -2.33. The number of carbonyl (C=O) groups excluding carboxylic acids is 1. The molecule has 2 aromatic rings. The van der Waals surface area contributed by atoms with Gasteiger partial charge in [0.05, 0.1) is 4.90 Å². The van der Waals surface area contributed by atoms with E-state index in [0.29, 0.717) is 30.9 Å². The van der Waals surface area contributed by atoms with E-state index >= 15 is 0 Å². The fourth-order valence-electron chi connectivity index (χ4n) is 3.69. The Kier molecular flexibility index (Phi) is 7.73. The van der Waals surface area contributed by atoms with Gasteiger partial charge in [0.2, 0.25) is 10.0 Å². The Bertz CT molecular complexity index is 995. The van der Waals surface area contributed by atoms with E-state index in [1.807, 2.05) is 39.0 Å². The summed E-state index contributed by atoms with van der Waals surface area (Å²) in [5, 5.41) is 2.84. The average Bonchev–Trinajstić information content (AvgIpc) is 3.05. The maximum Gasteiger partial charge on any atom is 0.265 e. The van der Waals surface area contributed by atoms with Crippen LogP contribution < -0.4 is 10.1 Å². The lowest BCUT2D eigenvalue weighted by atomic mass is 10.1. The molecule has 0 aliphatic carbocycles. The minimum Gasteiger partial charge on any atom is -0.480 e. The molecular formula is C24H32N2O4S. The van der Waals surface area contributed by atoms with E-state index in [-0.39, 0.29) is 10.8 Å². The number of anilines is 1. The van der Waals surface area contributed by atoms with Crippen molar-refractivity contribution in [3.8, 4) is 5.75 Å². The van der Waals surface area contributed by atoms with Crippen molar-refractivity contribution in [2.75, 3.05) is 18.4 Å². The maximum absolute atomic E-state index is 12.9. The third-order valence-corrected chi connectivity index (χ3v) is 7.72. The number of amides is 1. The Labute approximate surface area is 185 Å². The zero-order valence-electron chi connectivity index (χ0n) is 18.6. The quantitative estimate of drug-likeness (QED) is 0.674. The Balaban J connectivity index is 1.68. The molecule has 0 aromatic heterocycles. The first-order valence-electron chi connectivity index (χ1n) is 11.0. The van der Waals surface area contributed by atoms with Crippen molar-refractivity contribution >= 4 is 21.6 Å². The highest BCUT2D eigenvalue weighted by Gasteiger charge is 2.25. The van der Waals surface area contributed by atoms with Crippen LogP contribution in [-0.4, -0.2) is 37.8 Å². The monoisotopic (exact) mass is 444 g/mol. The van der Waals surface area contributed by atoms with E-state index in [1.165, 1.54) is 0 Å². The molecule has 1 amide bonds. The number of carbonyl (C=O) groups is 1. The second kappa shape index (κ2) is 10.3.